The molecule has 96 heavy (non-hydrogen) atoms. The van der Waals surface area contributed by atoms with Gasteiger partial charge in [0.2, 0.25) is 0 Å². The summed E-state index contributed by atoms with van der Waals surface area (Å²) in [5.41, 5.74) is 18.6. The molecule has 0 bridgehead atoms. The quantitative estimate of drug-likeness (QED) is 0.0842. The minimum absolute atomic E-state index is 0.224. The predicted molar refractivity (Wildman–Crippen MR) is 413 cm³/mol. The number of nitrogens with zero attached hydrogens (tertiary/aromatic N) is 3. The summed E-state index contributed by atoms with van der Waals surface area (Å²) in [6.07, 6.45) is 0. The zero-order chi connectivity index (χ0) is 63.6. The van der Waals surface area contributed by atoms with Gasteiger partial charge in [-0.3, -0.25) is 0 Å². The van der Waals surface area contributed by atoms with E-state index in [1.807, 2.05) is 0 Å². The van der Waals surface area contributed by atoms with Crippen LogP contribution in [0.1, 0.15) is 0 Å². The summed E-state index contributed by atoms with van der Waals surface area (Å²) in [4.78, 5) is 5.30. The van der Waals surface area contributed by atoms with Crippen molar-refractivity contribution in [3.05, 3.63) is 388 Å². The fourth-order valence-corrected chi connectivity index (χ4v) is 26.0. The van der Waals surface area contributed by atoms with Crippen molar-refractivity contribution >= 4 is 137 Å². The van der Waals surface area contributed by atoms with Crippen molar-refractivity contribution in [1.29, 1.82) is 0 Å². The van der Waals surface area contributed by atoms with Crippen molar-refractivity contribution in [1.82, 2.24) is 4.57 Å². The van der Waals surface area contributed by atoms with Gasteiger partial charge in [0.15, 0.2) is 16.1 Å². The molecule has 0 saturated carbocycles. The Morgan fingerprint density at radius 1 is 0.219 bits per heavy atom. The van der Waals surface area contributed by atoms with Crippen molar-refractivity contribution in [3.8, 4) is 27.9 Å². The van der Waals surface area contributed by atoms with E-state index >= 15 is 0 Å². The third-order valence-electron chi connectivity index (χ3n) is 20.4. The molecular weight excluding hydrogens is 1190 g/mol. The van der Waals surface area contributed by atoms with Gasteiger partial charge in [0.1, 0.15) is 0 Å². The Bertz CT molecular complexity index is 5290. The number of para-hydroxylation sites is 2. The predicted octanol–water partition coefficient (Wildman–Crippen LogP) is 15.0. The number of anilines is 6. The van der Waals surface area contributed by atoms with E-state index in [0.29, 0.717) is 0 Å². The molecule has 0 amide bonds. The summed E-state index contributed by atoms with van der Waals surface area (Å²) < 4.78 is 2.53. The van der Waals surface area contributed by atoms with Crippen LogP contribution in [0.3, 0.4) is 0 Å². The zero-order valence-corrected chi connectivity index (χ0v) is 54.9. The minimum Gasteiger partial charge on any atom is -0.311 e. The van der Waals surface area contributed by atoms with Crippen molar-refractivity contribution in [3.63, 3.8) is 0 Å². The van der Waals surface area contributed by atoms with E-state index in [-0.39, 0.29) is 6.71 Å². The van der Waals surface area contributed by atoms with Gasteiger partial charge < -0.3 is 14.4 Å². The van der Waals surface area contributed by atoms with Crippen LogP contribution in [0.2, 0.25) is 0 Å². The summed E-state index contributed by atoms with van der Waals surface area (Å²) in [6, 6.07) is 147. The van der Waals surface area contributed by atoms with Gasteiger partial charge in [-0.05, 0) is 141 Å². The third-order valence-corrected chi connectivity index (χ3v) is 30.0. The van der Waals surface area contributed by atoms with Crippen molar-refractivity contribution < 1.29 is 0 Å². The summed E-state index contributed by atoms with van der Waals surface area (Å²) in [5.74, 6) is 0. The van der Waals surface area contributed by atoms with Crippen molar-refractivity contribution in [2.45, 2.75) is 0 Å². The lowest BCUT2D eigenvalue weighted by atomic mass is 9.32. The van der Waals surface area contributed by atoms with E-state index in [9.17, 15) is 0 Å². The molecule has 0 aliphatic carbocycles. The highest BCUT2D eigenvalue weighted by Gasteiger charge is 2.49. The molecular formula is C90H64BN3Si2. The lowest BCUT2D eigenvalue weighted by Crippen LogP contribution is -2.75. The van der Waals surface area contributed by atoms with Crippen LogP contribution in [-0.4, -0.2) is 27.4 Å². The lowest BCUT2D eigenvalue weighted by Gasteiger charge is -2.46. The van der Waals surface area contributed by atoms with Gasteiger partial charge in [0.25, 0.3) is 6.71 Å². The van der Waals surface area contributed by atoms with Crippen LogP contribution in [0.25, 0.3) is 49.7 Å². The van der Waals surface area contributed by atoms with Gasteiger partial charge >= 0.3 is 0 Å². The molecule has 3 heterocycles. The maximum atomic E-state index is 2.65. The van der Waals surface area contributed by atoms with Crippen molar-refractivity contribution in [2.24, 2.45) is 0 Å². The maximum absolute atomic E-state index is 3.11. The fraction of sp³-hybridized carbons (Fsp3) is 0. The number of hydrogen-bond donors (Lipinski definition) is 0. The largest absolute Gasteiger partial charge is 0.311 e. The van der Waals surface area contributed by atoms with Crippen LogP contribution in [-0.2, 0) is 0 Å². The molecule has 6 heteroatoms. The Hall–Kier alpha value is -11.8. The first-order chi connectivity index (χ1) is 47.7. The summed E-state index contributed by atoms with van der Waals surface area (Å²) in [5, 5.41) is 13.0. The molecule has 0 N–H and O–H groups in total. The SMILES string of the molecule is c1ccc(-c2cccc(N3c4cc([Si](c5ccccc5)(c5ccccc5)c5ccccc5)ccc4B4c5c(-c6ccccc6)cccc5N(c5cccc([Si](c6ccccc6)(c6ccccc6)c6ccccc6)c5)c5cc(-n6c7ccccc7c7ccccc76)cc3c54)c2)cc1. The molecule has 18 rings (SSSR count). The highest BCUT2D eigenvalue weighted by molar-refractivity contribution is 7.20. The first kappa shape index (κ1) is 56.9. The average molecular weight is 1250 g/mol. The molecule has 1 aromatic heterocycles. The molecule has 0 spiro atoms. The summed E-state index contributed by atoms with van der Waals surface area (Å²) in [6.45, 7) is -0.224. The molecule has 2 aliphatic rings. The van der Waals surface area contributed by atoms with Gasteiger partial charge in [-0.1, -0.05) is 328 Å². The normalized spacial score (nSPS) is 12.5. The van der Waals surface area contributed by atoms with Gasteiger partial charge in [-0.25, -0.2) is 0 Å². The second-order valence-corrected chi connectivity index (χ2v) is 33.0. The maximum Gasteiger partial charge on any atom is 0.252 e. The first-order valence-electron chi connectivity index (χ1n) is 33.3. The van der Waals surface area contributed by atoms with Crippen LogP contribution >= 0.6 is 0 Å². The van der Waals surface area contributed by atoms with Gasteiger partial charge in [-0.2, -0.15) is 0 Å². The molecule has 0 unspecified atom stereocenters. The Kier molecular flexibility index (Phi) is 14.0. The molecule has 16 aromatic rings. The molecule has 450 valence electrons. The second-order valence-electron chi connectivity index (χ2n) is 25.4. The summed E-state index contributed by atoms with van der Waals surface area (Å²) >= 11 is 0. The molecule has 0 atom stereocenters. The monoisotopic (exact) mass is 1250 g/mol. The number of benzene rings is 15. The van der Waals surface area contributed by atoms with E-state index in [0.717, 1.165) is 56.4 Å². The summed E-state index contributed by atoms with van der Waals surface area (Å²) in [7, 11) is -6.15. The van der Waals surface area contributed by atoms with Crippen LogP contribution in [0.15, 0.2) is 388 Å². The van der Waals surface area contributed by atoms with E-state index < -0.39 is 16.1 Å². The number of fused-ring (bicyclic) bond motifs is 7. The van der Waals surface area contributed by atoms with Gasteiger partial charge in [0.05, 0.1) is 16.7 Å². The molecule has 3 nitrogen and oxygen atoms in total. The van der Waals surface area contributed by atoms with Gasteiger partial charge in [-0.15, -0.1) is 0 Å². The highest BCUT2D eigenvalue weighted by atomic mass is 28.3. The first-order valence-corrected chi connectivity index (χ1v) is 37.3. The molecule has 2 aliphatic heterocycles. The smallest absolute Gasteiger partial charge is 0.252 e. The van der Waals surface area contributed by atoms with Crippen LogP contribution in [0.4, 0.5) is 34.1 Å². The Balaban J connectivity index is 0.996. The number of hydrogen-bond acceptors (Lipinski definition) is 2. The number of aromatic nitrogens is 1. The third kappa shape index (κ3) is 9.01. The molecule has 15 aromatic carbocycles. The molecule has 0 saturated heterocycles. The second kappa shape index (κ2) is 23.6. The van der Waals surface area contributed by atoms with E-state index in [1.54, 1.807) is 0 Å². The van der Waals surface area contributed by atoms with Crippen molar-refractivity contribution in [2.75, 3.05) is 9.80 Å². The lowest BCUT2D eigenvalue weighted by molar-refractivity contribution is 1.16. The average Bonchev–Trinajstić information content (AvgIpc) is 0.701. The van der Waals surface area contributed by atoms with Crippen LogP contribution < -0.4 is 67.7 Å². The Morgan fingerprint density at radius 3 is 1.08 bits per heavy atom. The topological polar surface area (TPSA) is 11.4 Å². The highest BCUT2D eigenvalue weighted by Crippen LogP contribution is 2.48. The van der Waals surface area contributed by atoms with Crippen LogP contribution in [0, 0.1) is 0 Å². The standard InChI is InChI=1S/C90H64BN3Si2/c1-9-32-65(33-10-1)67-36-29-37-68(60-67)93-86-64-78(96(74-45-19-6-20-46-74,75-47-21-7-22-48-75)76-49-23-8-24-50-76)58-59-82(86)91-89-79(66-34-11-2-12-35-66)54-31-57-85(89)92(87-62-70(63-88(93)90(87)91)94-83-55-27-25-52-80(83)81-53-26-28-56-84(81)94)69-38-30-51-77(61-69)95(71-39-13-3-14-40-71,72-41-15-4-16-42-72)73-43-17-5-18-44-73/h1-64H. The molecule has 0 fully saturated rings. The van der Waals surface area contributed by atoms with E-state index in [1.165, 1.54) is 85.3 Å². The Labute approximate surface area is 563 Å². The molecule has 0 radical (unpaired) electrons. The number of rotatable bonds is 13. The minimum atomic E-state index is -3.11. The van der Waals surface area contributed by atoms with Gasteiger partial charge in [0, 0.05) is 44.9 Å². The zero-order valence-electron chi connectivity index (χ0n) is 52.9. The van der Waals surface area contributed by atoms with E-state index in [2.05, 4.69) is 403 Å². The Morgan fingerprint density at radius 2 is 0.594 bits per heavy atom. The van der Waals surface area contributed by atoms with Crippen LogP contribution in [0.5, 0.6) is 0 Å². The fourth-order valence-electron chi connectivity index (χ4n) is 16.5. The van der Waals surface area contributed by atoms with E-state index in [4.69, 9.17) is 0 Å².